The molecule has 0 radical (unpaired) electrons. The van der Waals surface area contributed by atoms with Gasteiger partial charge in [-0.05, 0) is 30.7 Å². The standard InChI is InChI=1S/C21H25N7O3/c1-26-20(31)18-16(4-2-7-22-18)25-21(26)28-11-9-27(10-12-28)15-5-6-17(24-14-15)19(30)23-8-3-13-29/h2,4-7,14,29H,3,8-13H2,1H3,(H,23,30). The molecule has 4 rings (SSSR count). The molecule has 3 aromatic rings. The second-order valence-electron chi connectivity index (χ2n) is 7.36. The van der Waals surface area contributed by atoms with E-state index in [-0.39, 0.29) is 18.1 Å². The molecule has 0 aliphatic carbocycles. The molecular formula is C21H25N7O3. The molecule has 1 aliphatic rings. The third-order valence-electron chi connectivity index (χ3n) is 5.34. The van der Waals surface area contributed by atoms with E-state index >= 15 is 0 Å². The molecule has 0 unspecified atom stereocenters. The van der Waals surface area contributed by atoms with Gasteiger partial charge in [-0.3, -0.25) is 14.2 Å². The maximum absolute atomic E-state index is 12.6. The Labute approximate surface area is 179 Å². The van der Waals surface area contributed by atoms with Gasteiger partial charge < -0.3 is 20.2 Å². The molecule has 0 bridgehead atoms. The summed E-state index contributed by atoms with van der Waals surface area (Å²) in [7, 11) is 1.72. The van der Waals surface area contributed by atoms with E-state index in [0.717, 1.165) is 18.8 Å². The predicted octanol–water partition coefficient (Wildman–Crippen LogP) is 0.162. The van der Waals surface area contributed by atoms with Crippen molar-refractivity contribution in [1.29, 1.82) is 0 Å². The van der Waals surface area contributed by atoms with Crippen LogP contribution in [-0.4, -0.2) is 69.9 Å². The van der Waals surface area contributed by atoms with Crippen LogP contribution in [0.25, 0.3) is 11.0 Å². The first kappa shape index (κ1) is 20.7. The molecule has 3 aromatic heterocycles. The summed E-state index contributed by atoms with van der Waals surface area (Å²) in [6.07, 6.45) is 3.82. The summed E-state index contributed by atoms with van der Waals surface area (Å²) >= 11 is 0. The van der Waals surface area contributed by atoms with Crippen LogP contribution in [0.4, 0.5) is 11.6 Å². The number of rotatable bonds is 6. The highest BCUT2D eigenvalue weighted by atomic mass is 16.3. The molecule has 0 atom stereocenters. The number of anilines is 2. The number of aliphatic hydroxyl groups excluding tert-OH is 1. The Kier molecular flexibility index (Phi) is 6.08. The van der Waals surface area contributed by atoms with Gasteiger partial charge in [0.2, 0.25) is 5.95 Å². The van der Waals surface area contributed by atoms with E-state index in [1.165, 1.54) is 0 Å². The Morgan fingerprint density at radius 1 is 1.13 bits per heavy atom. The van der Waals surface area contributed by atoms with Crippen LogP contribution in [0.5, 0.6) is 0 Å². The molecule has 10 heteroatoms. The Morgan fingerprint density at radius 3 is 2.61 bits per heavy atom. The number of aromatic nitrogens is 4. The highest BCUT2D eigenvalue weighted by Gasteiger charge is 2.22. The molecule has 1 saturated heterocycles. The number of amides is 1. The lowest BCUT2D eigenvalue weighted by atomic mass is 10.2. The highest BCUT2D eigenvalue weighted by molar-refractivity contribution is 5.92. The molecule has 1 aliphatic heterocycles. The smallest absolute Gasteiger partial charge is 0.281 e. The van der Waals surface area contributed by atoms with Crippen molar-refractivity contribution in [3.05, 3.63) is 52.7 Å². The fraction of sp³-hybridized carbons (Fsp3) is 0.381. The first-order valence-corrected chi connectivity index (χ1v) is 10.3. The number of nitrogens with zero attached hydrogens (tertiary/aromatic N) is 6. The molecule has 1 fully saturated rings. The normalized spacial score (nSPS) is 14.1. The van der Waals surface area contributed by atoms with Gasteiger partial charge in [0.15, 0.2) is 5.52 Å². The van der Waals surface area contributed by atoms with E-state index in [1.807, 2.05) is 6.07 Å². The topological polar surface area (TPSA) is 116 Å². The Balaban J connectivity index is 1.42. The number of fused-ring (bicyclic) bond motifs is 1. The summed E-state index contributed by atoms with van der Waals surface area (Å²) < 4.78 is 1.55. The third-order valence-corrected chi connectivity index (χ3v) is 5.34. The van der Waals surface area contributed by atoms with Crippen LogP contribution in [-0.2, 0) is 7.05 Å². The minimum Gasteiger partial charge on any atom is -0.396 e. The SMILES string of the molecule is Cn1c(N2CCN(c3ccc(C(=O)NCCCO)nc3)CC2)nc2cccnc2c1=O. The van der Waals surface area contributed by atoms with Crippen LogP contribution in [0.2, 0.25) is 0 Å². The van der Waals surface area contributed by atoms with Crippen molar-refractivity contribution in [2.24, 2.45) is 7.05 Å². The zero-order chi connectivity index (χ0) is 21.8. The molecule has 0 saturated carbocycles. The lowest BCUT2D eigenvalue weighted by Crippen LogP contribution is -2.48. The van der Waals surface area contributed by atoms with Gasteiger partial charge in [-0.25, -0.2) is 15.0 Å². The van der Waals surface area contributed by atoms with E-state index in [2.05, 4.69) is 30.1 Å². The van der Waals surface area contributed by atoms with Gasteiger partial charge in [0.05, 0.1) is 17.4 Å². The first-order valence-electron chi connectivity index (χ1n) is 10.3. The number of hydrogen-bond acceptors (Lipinski definition) is 8. The molecule has 162 valence electrons. The zero-order valence-electron chi connectivity index (χ0n) is 17.4. The van der Waals surface area contributed by atoms with Crippen LogP contribution in [0.3, 0.4) is 0 Å². The van der Waals surface area contributed by atoms with Gasteiger partial charge >= 0.3 is 0 Å². The predicted molar refractivity (Wildman–Crippen MR) is 117 cm³/mol. The Hall–Kier alpha value is -3.53. The van der Waals surface area contributed by atoms with E-state index in [0.29, 0.717) is 48.7 Å². The second-order valence-corrected chi connectivity index (χ2v) is 7.36. The van der Waals surface area contributed by atoms with Crippen molar-refractivity contribution in [1.82, 2.24) is 24.8 Å². The number of piperazine rings is 1. The fourth-order valence-electron chi connectivity index (χ4n) is 3.61. The van der Waals surface area contributed by atoms with Gasteiger partial charge in [-0.2, -0.15) is 0 Å². The summed E-state index contributed by atoms with van der Waals surface area (Å²) in [6, 6.07) is 7.17. The number of hydrogen-bond donors (Lipinski definition) is 2. The highest BCUT2D eigenvalue weighted by Crippen LogP contribution is 2.19. The maximum Gasteiger partial charge on any atom is 0.281 e. The van der Waals surface area contributed by atoms with Gasteiger partial charge in [-0.1, -0.05) is 0 Å². The zero-order valence-corrected chi connectivity index (χ0v) is 17.4. The van der Waals surface area contributed by atoms with Crippen LogP contribution in [0.15, 0.2) is 41.5 Å². The number of carbonyl (C=O) groups is 1. The van der Waals surface area contributed by atoms with Crippen LogP contribution >= 0.6 is 0 Å². The van der Waals surface area contributed by atoms with E-state index < -0.39 is 0 Å². The van der Waals surface area contributed by atoms with Crippen LogP contribution in [0.1, 0.15) is 16.9 Å². The molecule has 10 nitrogen and oxygen atoms in total. The van der Waals surface area contributed by atoms with Crippen molar-refractivity contribution in [2.45, 2.75) is 6.42 Å². The van der Waals surface area contributed by atoms with E-state index in [1.54, 1.807) is 42.2 Å². The number of carbonyl (C=O) groups excluding carboxylic acids is 1. The van der Waals surface area contributed by atoms with Crippen molar-refractivity contribution in [3.63, 3.8) is 0 Å². The quantitative estimate of drug-likeness (QED) is 0.539. The van der Waals surface area contributed by atoms with Crippen LogP contribution in [0, 0.1) is 0 Å². The lowest BCUT2D eigenvalue weighted by molar-refractivity contribution is 0.0946. The third kappa shape index (κ3) is 4.33. The fourth-order valence-corrected chi connectivity index (χ4v) is 3.61. The molecule has 2 N–H and O–H groups in total. The average Bonchev–Trinajstić information content (AvgIpc) is 2.82. The molecule has 0 aromatic carbocycles. The summed E-state index contributed by atoms with van der Waals surface area (Å²) in [5.74, 6) is 0.390. The monoisotopic (exact) mass is 423 g/mol. The van der Waals surface area contributed by atoms with Crippen molar-refractivity contribution in [3.8, 4) is 0 Å². The minimum atomic E-state index is -0.248. The summed E-state index contributed by atoms with van der Waals surface area (Å²) in [5, 5.41) is 11.5. The van der Waals surface area contributed by atoms with Gasteiger partial charge in [0, 0.05) is 52.6 Å². The summed E-state index contributed by atoms with van der Waals surface area (Å²) in [4.78, 5) is 42.0. The van der Waals surface area contributed by atoms with E-state index in [9.17, 15) is 9.59 Å². The molecular weight excluding hydrogens is 398 g/mol. The first-order chi connectivity index (χ1) is 15.1. The Bertz CT molecular complexity index is 1120. The van der Waals surface area contributed by atoms with Crippen molar-refractivity contribution < 1.29 is 9.90 Å². The molecule has 31 heavy (non-hydrogen) atoms. The summed E-state index contributed by atoms with van der Waals surface area (Å²) in [6.45, 7) is 3.35. The average molecular weight is 423 g/mol. The number of pyridine rings is 2. The maximum atomic E-state index is 12.6. The van der Waals surface area contributed by atoms with Gasteiger partial charge in [0.1, 0.15) is 5.69 Å². The van der Waals surface area contributed by atoms with Crippen molar-refractivity contribution in [2.75, 3.05) is 49.1 Å². The number of aliphatic hydroxyl groups is 1. The van der Waals surface area contributed by atoms with Crippen molar-refractivity contribution >= 4 is 28.6 Å². The van der Waals surface area contributed by atoms with Gasteiger partial charge in [-0.15, -0.1) is 0 Å². The molecule has 0 spiro atoms. The largest absolute Gasteiger partial charge is 0.396 e. The lowest BCUT2D eigenvalue weighted by Gasteiger charge is -2.36. The van der Waals surface area contributed by atoms with E-state index in [4.69, 9.17) is 5.11 Å². The molecule has 1 amide bonds. The van der Waals surface area contributed by atoms with Crippen LogP contribution < -0.4 is 20.7 Å². The van der Waals surface area contributed by atoms with Gasteiger partial charge in [0.25, 0.3) is 11.5 Å². The number of nitrogens with one attached hydrogen (secondary N) is 1. The molecule has 4 heterocycles. The summed E-state index contributed by atoms with van der Waals surface area (Å²) in [5.41, 5.74) is 2.11. The Morgan fingerprint density at radius 2 is 1.90 bits per heavy atom. The second kappa shape index (κ2) is 9.09. The minimum absolute atomic E-state index is 0.0401.